The van der Waals surface area contributed by atoms with Crippen LogP contribution in [0.3, 0.4) is 0 Å². The van der Waals surface area contributed by atoms with Gasteiger partial charge in [0.15, 0.2) is 16.6 Å². The van der Waals surface area contributed by atoms with Crippen molar-refractivity contribution in [3.05, 3.63) is 84.1 Å². The number of carbonyl (C=O) groups excluding carboxylic acids is 3. The number of carbonyl (C=O) groups is 3. The number of pyridine rings is 1. The maximum absolute atomic E-state index is 14.9. The number of alkyl halides is 4. The Kier molecular flexibility index (Phi) is 11.0. The predicted molar refractivity (Wildman–Crippen MR) is 167 cm³/mol. The molecule has 2 N–H and O–H groups in total. The number of nitrogens with zero attached hydrogens (tertiary/aromatic N) is 2. The Morgan fingerprint density at radius 1 is 1.00 bits per heavy atom. The summed E-state index contributed by atoms with van der Waals surface area (Å²) in [6.07, 6.45) is -4.08. The van der Waals surface area contributed by atoms with Gasteiger partial charge in [0.05, 0.1) is 18.6 Å². The molecule has 252 valence electrons. The van der Waals surface area contributed by atoms with Gasteiger partial charge in [0.1, 0.15) is 11.7 Å². The zero-order valence-corrected chi connectivity index (χ0v) is 26.9. The largest absolute Gasteiger partial charge is 0.407 e. The second-order valence-electron chi connectivity index (χ2n) is 12.0. The van der Waals surface area contributed by atoms with Crippen LogP contribution < -0.4 is 10.6 Å². The quantitative estimate of drug-likeness (QED) is 0.212. The molecule has 1 unspecified atom stereocenters. The molecule has 1 aliphatic rings. The van der Waals surface area contributed by atoms with Crippen LogP contribution in [0.15, 0.2) is 78.0 Å². The highest BCUT2D eigenvalue weighted by atomic mass is 32.2. The molecule has 1 fully saturated rings. The summed E-state index contributed by atoms with van der Waals surface area (Å²) in [4.78, 5) is 42.5. The van der Waals surface area contributed by atoms with E-state index < -0.39 is 64.6 Å². The van der Waals surface area contributed by atoms with Crippen molar-refractivity contribution >= 4 is 27.5 Å². The van der Waals surface area contributed by atoms with E-state index in [9.17, 15) is 40.4 Å². The molecule has 47 heavy (non-hydrogen) atoms. The average Bonchev–Trinajstić information content (AvgIpc) is 3.19. The first-order valence-electron chi connectivity index (χ1n) is 14.9. The second-order valence-corrected chi connectivity index (χ2v) is 13.9. The Morgan fingerprint density at radius 3 is 2.26 bits per heavy atom. The van der Waals surface area contributed by atoms with Crippen molar-refractivity contribution in [2.45, 2.75) is 75.0 Å². The smallest absolute Gasteiger partial charge is 0.345 e. The summed E-state index contributed by atoms with van der Waals surface area (Å²) in [6.45, 7) is 3.00. The molecule has 2 aromatic carbocycles. The Labute approximate surface area is 270 Å². The number of ketones is 2. The summed E-state index contributed by atoms with van der Waals surface area (Å²) < 4.78 is 85.3. The van der Waals surface area contributed by atoms with Crippen LogP contribution in [0, 0.1) is 0 Å². The fourth-order valence-corrected chi connectivity index (χ4v) is 6.82. The zero-order chi connectivity index (χ0) is 34.6. The maximum Gasteiger partial charge on any atom is 0.407 e. The highest BCUT2D eigenvalue weighted by molar-refractivity contribution is 7.89. The van der Waals surface area contributed by atoms with E-state index in [0.717, 1.165) is 18.2 Å². The highest BCUT2D eigenvalue weighted by Crippen LogP contribution is 2.35. The molecule has 0 saturated carbocycles. The van der Waals surface area contributed by atoms with E-state index in [0.29, 0.717) is 16.7 Å². The van der Waals surface area contributed by atoms with Gasteiger partial charge < -0.3 is 5.32 Å². The summed E-state index contributed by atoms with van der Waals surface area (Å²) in [5.74, 6) is -1.91. The van der Waals surface area contributed by atoms with Crippen LogP contribution in [0.2, 0.25) is 0 Å². The summed E-state index contributed by atoms with van der Waals surface area (Å²) in [6, 6.07) is 11.0. The topological polar surface area (TPSA) is 126 Å². The van der Waals surface area contributed by atoms with Gasteiger partial charge >= 0.3 is 6.18 Å². The monoisotopic (exact) mass is 676 g/mol. The summed E-state index contributed by atoms with van der Waals surface area (Å²) in [5.41, 5.74) is -0.883. The van der Waals surface area contributed by atoms with Gasteiger partial charge in [0.2, 0.25) is 5.91 Å². The van der Waals surface area contributed by atoms with E-state index in [-0.39, 0.29) is 35.8 Å². The van der Waals surface area contributed by atoms with Gasteiger partial charge in [-0.1, -0.05) is 54.6 Å². The molecule has 0 spiro atoms. The fraction of sp³-hybridized carbons (Fsp3) is 0.394. The van der Waals surface area contributed by atoms with Gasteiger partial charge in [0.25, 0.3) is 10.0 Å². The first-order valence-corrected chi connectivity index (χ1v) is 16.4. The molecular formula is C33H36F4N4O5S. The van der Waals surface area contributed by atoms with Crippen molar-refractivity contribution in [1.82, 2.24) is 19.9 Å². The molecule has 4 rings (SSSR count). The number of amides is 1. The van der Waals surface area contributed by atoms with Gasteiger partial charge in [0, 0.05) is 24.7 Å². The molecule has 1 saturated heterocycles. The summed E-state index contributed by atoms with van der Waals surface area (Å²) in [7, 11) is -4.12. The van der Waals surface area contributed by atoms with Crippen LogP contribution >= 0.6 is 0 Å². The predicted octanol–water partition coefficient (Wildman–Crippen LogP) is 5.19. The van der Waals surface area contributed by atoms with E-state index in [1.165, 1.54) is 55.6 Å². The third-order valence-corrected chi connectivity index (χ3v) is 9.50. The third-order valence-electron chi connectivity index (χ3n) is 7.74. The molecule has 0 radical (unpaired) electrons. The summed E-state index contributed by atoms with van der Waals surface area (Å²) in [5, 5.41) is 4.47. The lowest BCUT2D eigenvalue weighted by Crippen LogP contribution is -2.54. The van der Waals surface area contributed by atoms with Gasteiger partial charge in [-0.25, -0.2) is 17.8 Å². The molecule has 3 aromatic rings. The zero-order valence-electron chi connectivity index (χ0n) is 26.1. The third kappa shape index (κ3) is 9.08. The van der Waals surface area contributed by atoms with Crippen molar-refractivity contribution in [3.63, 3.8) is 0 Å². The normalized spacial score (nSPS) is 17.9. The van der Waals surface area contributed by atoms with Crippen molar-refractivity contribution in [1.29, 1.82) is 0 Å². The molecule has 1 aromatic heterocycles. The van der Waals surface area contributed by atoms with Crippen LogP contribution in [0.5, 0.6) is 0 Å². The number of hydrogen-bond donors (Lipinski definition) is 2. The molecule has 0 bridgehead atoms. The lowest BCUT2D eigenvalue weighted by Gasteiger charge is -2.31. The van der Waals surface area contributed by atoms with E-state index >= 15 is 0 Å². The first kappa shape index (κ1) is 35.8. The van der Waals surface area contributed by atoms with E-state index in [1.807, 2.05) is 0 Å². The number of nitrogens with one attached hydrogen (secondary N) is 2. The molecular weight excluding hydrogens is 640 g/mol. The van der Waals surface area contributed by atoms with Crippen LogP contribution in [0.25, 0.3) is 11.1 Å². The maximum atomic E-state index is 14.9. The summed E-state index contributed by atoms with van der Waals surface area (Å²) >= 11 is 0. The van der Waals surface area contributed by atoms with E-state index in [2.05, 4.69) is 15.6 Å². The van der Waals surface area contributed by atoms with Crippen LogP contribution in [-0.4, -0.2) is 72.2 Å². The first-order chi connectivity index (χ1) is 22.0. The van der Waals surface area contributed by atoms with Crippen molar-refractivity contribution in [2.75, 3.05) is 13.1 Å². The molecule has 14 heteroatoms. The SMILES string of the molecule is CC(=O)c1ccccc1-c1ccc([C@H](N[C@@H](CC(C)(C)F)C(=O)NC2CCCN(S(=O)(=O)c3ccccn3)CC2=O)C(F)(F)F)cc1. The Bertz CT molecular complexity index is 1690. The number of aromatic nitrogens is 1. The van der Waals surface area contributed by atoms with Crippen molar-refractivity contribution in [3.8, 4) is 11.1 Å². The lowest BCUT2D eigenvalue weighted by molar-refractivity contribution is -0.161. The Morgan fingerprint density at radius 2 is 1.66 bits per heavy atom. The molecule has 9 nitrogen and oxygen atoms in total. The van der Waals surface area contributed by atoms with E-state index in [1.54, 1.807) is 24.3 Å². The minimum absolute atomic E-state index is 0.0243. The number of halogens is 4. The van der Waals surface area contributed by atoms with Gasteiger partial charge in [-0.15, -0.1) is 0 Å². The molecule has 1 amide bonds. The molecule has 2 heterocycles. The molecule has 1 aliphatic heterocycles. The highest BCUT2D eigenvalue weighted by Gasteiger charge is 2.44. The minimum Gasteiger partial charge on any atom is -0.345 e. The number of hydrogen-bond acceptors (Lipinski definition) is 7. The Balaban J connectivity index is 1.55. The van der Waals surface area contributed by atoms with Crippen molar-refractivity contribution < 1.29 is 40.4 Å². The van der Waals surface area contributed by atoms with Crippen molar-refractivity contribution in [2.24, 2.45) is 0 Å². The fourth-order valence-electron chi connectivity index (χ4n) is 5.45. The van der Waals surface area contributed by atoms with Crippen LogP contribution in [0.1, 0.15) is 62.0 Å². The standard InChI is InChI=1S/C33H36F4N4O5S/c1-21(42)24-9-4-5-10-25(24)22-13-15-23(16-14-22)30(33(35,36)37)39-27(19-32(2,3)34)31(44)40-26-11-8-18-41(20-28(26)43)47(45,46)29-12-6-7-17-38-29/h4-7,9-10,12-17,26-27,30,39H,8,11,18-20H2,1-3H3,(H,40,44)/t26?,27-,30-/m0/s1. The van der Waals surface area contributed by atoms with Crippen LogP contribution in [-0.2, 0) is 19.6 Å². The van der Waals surface area contributed by atoms with Crippen LogP contribution in [0.4, 0.5) is 17.6 Å². The number of rotatable bonds is 11. The average molecular weight is 677 g/mol. The van der Waals surface area contributed by atoms with E-state index in [4.69, 9.17) is 0 Å². The Hall–Kier alpha value is -4.01. The van der Waals surface area contributed by atoms with Gasteiger partial charge in [-0.2, -0.15) is 17.5 Å². The number of sulfonamides is 1. The van der Waals surface area contributed by atoms with Gasteiger partial charge in [-0.3, -0.25) is 19.7 Å². The minimum atomic E-state index is -4.91. The lowest BCUT2D eigenvalue weighted by atomic mass is 9.94. The molecule has 0 aliphatic carbocycles. The second kappa shape index (κ2) is 14.4. The van der Waals surface area contributed by atoms with Gasteiger partial charge in [-0.05, 0) is 62.4 Å². The molecule has 3 atom stereocenters. The number of Topliss-reactive ketones (excluding diaryl/α,β-unsaturated/α-hetero) is 2. The number of benzene rings is 2.